The molecule has 32 heavy (non-hydrogen) atoms. The van der Waals surface area contributed by atoms with E-state index < -0.39 is 0 Å². The molecule has 0 radical (unpaired) electrons. The molecule has 0 atom stereocenters. The largest absolute Gasteiger partial charge is 0.438 e. The van der Waals surface area contributed by atoms with Crippen LogP contribution in [0.4, 0.5) is 0 Å². The minimum atomic E-state index is 0.614. The Bertz CT molecular complexity index is 1720. The number of rotatable bonds is 2. The highest BCUT2D eigenvalue weighted by atomic mass is 16.3. The summed E-state index contributed by atoms with van der Waals surface area (Å²) in [5, 5.41) is 4.48. The van der Waals surface area contributed by atoms with Crippen LogP contribution in [0.15, 0.2) is 108 Å². The topological polar surface area (TPSA) is 43.9 Å². The SMILES string of the molecule is c1ccc2c(c1)oc1nc(-c3ccc(-n4c5ccccc5c5ccccc54)cc3)ncc12. The second-order valence-electron chi connectivity index (χ2n) is 7.93. The number of hydrogen-bond acceptors (Lipinski definition) is 3. The second kappa shape index (κ2) is 6.53. The first kappa shape index (κ1) is 17.3. The van der Waals surface area contributed by atoms with Crippen LogP contribution in [0.3, 0.4) is 0 Å². The molecule has 0 aliphatic rings. The van der Waals surface area contributed by atoms with Crippen molar-refractivity contribution in [1.82, 2.24) is 14.5 Å². The van der Waals surface area contributed by atoms with Crippen molar-refractivity contribution in [1.29, 1.82) is 0 Å². The van der Waals surface area contributed by atoms with Crippen molar-refractivity contribution < 1.29 is 4.42 Å². The molecule has 3 heterocycles. The molecule has 4 nitrogen and oxygen atoms in total. The van der Waals surface area contributed by atoms with Gasteiger partial charge in [0.2, 0.25) is 5.71 Å². The fourth-order valence-corrected chi connectivity index (χ4v) is 4.61. The Morgan fingerprint density at radius 2 is 1.22 bits per heavy atom. The van der Waals surface area contributed by atoms with E-state index >= 15 is 0 Å². The molecule has 0 fully saturated rings. The van der Waals surface area contributed by atoms with Crippen LogP contribution in [0.5, 0.6) is 0 Å². The Hall–Kier alpha value is -4.44. The van der Waals surface area contributed by atoms with Crippen molar-refractivity contribution in [2.24, 2.45) is 0 Å². The number of nitrogens with zero attached hydrogens (tertiary/aromatic N) is 3. The fraction of sp³-hybridized carbons (Fsp3) is 0. The first-order chi connectivity index (χ1) is 15.9. The predicted molar refractivity (Wildman–Crippen MR) is 129 cm³/mol. The van der Waals surface area contributed by atoms with Crippen molar-refractivity contribution >= 4 is 43.9 Å². The molecule has 0 saturated carbocycles. The molecule has 0 bridgehead atoms. The third-order valence-electron chi connectivity index (χ3n) is 6.10. The highest BCUT2D eigenvalue weighted by molar-refractivity contribution is 6.09. The van der Waals surface area contributed by atoms with Gasteiger partial charge in [-0.15, -0.1) is 0 Å². The van der Waals surface area contributed by atoms with Crippen molar-refractivity contribution in [3.63, 3.8) is 0 Å². The maximum atomic E-state index is 5.94. The predicted octanol–water partition coefficient (Wildman–Crippen LogP) is 7.14. The van der Waals surface area contributed by atoms with Crippen molar-refractivity contribution in [3.8, 4) is 17.1 Å². The lowest BCUT2D eigenvalue weighted by molar-refractivity contribution is 0.653. The number of para-hydroxylation sites is 3. The van der Waals surface area contributed by atoms with Gasteiger partial charge < -0.3 is 8.98 Å². The lowest BCUT2D eigenvalue weighted by Gasteiger charge is -2.08. The molecule has 0 unspecified atom stereocenters. The van der Waals surface area contributed by atoms with E-state index in [-0.39, 0.29) is 0 Å². The quantitative estimate of drug-likeness (QED) is 0.304. The van der Waals surface area contributed by atoms with Gasteiger partial charge in [0.15, 0.2) is 5.82 Å². The van der Waals surface area contributed by atoms with Crippen LogP contribution >= 0.6 is 0 Å². The lowest BCUT2D eigenvalue weighted by atomic mass is 10.1. The third-order valence-corrected chi connectivity index (χ3v) is 6.10. The highest BCUT2D eigenvalue weighted by Gasteiger charge is 2.13. The molecule has 150 valence electrons. The standard InChI is InChI=1S/C28H17N3O/c1-4-10-24-20(7-1)21-8-2-5-11-25(21)31(24)19-15-13-18(14-16-19)27-29-17-23-22-9-3-6-12-26(22)32-28(23)30-27/h1-17H. The summed E-state index contributed by atoms with van der Waals surface area (Å²) >= 11 is 0. The smallest absolute Gasteiger partial charge is 0.230 e. The zero-order valence-corrected chi connectivity index (χ0v) is 17.1. The second-order valence-corrected chi connectivity index (χ2v) is 7.93. The molecule has 0 amide bonds. The molecular formula is C28H17N3O. The summed E-state index contributed by atoms with van der Waals surface area (Å²) < 4.78 is 8.24. The zero-order chi connectivity index (χ0) is 21.1. The fourth-order valence-electron chi connectivity index (χ4n) is 4.61. The third kappa shape index (κ3) is 2.44. The van der Waals surface area contributed by atoms with E-state index in [2.05, 4.69) is 82.3 Å². The molecular weight excluding hydrogens is 394 g/mol. The summed E-state index contributed by atoms with van der Waals surface area (Å²) in [6.45, 7) is 0. The van der Waals surface area contributed by atoms with Crippen LogP contribution in [0.2, 0.25) is 0 Å². The maximum Gasteiger partial charge on any atom is 0.230 e. The minimum Gasteiger partial charge on any atom is -0.438 e. The van der Waals surface area contributed by atoms with E-state index in [1.807, 2.05) is 30.5 Å². The van der Waals surface area contributed by atoms with E-state index in [0.29, 0.717) is 11.5 Å². The number of fused-ring (bicyclic) bond motifs is 6. The lowest BCUT2D eigenvalue weighted by Crippen LogP contribution is -1.94. The van der Waals surface area contributed by atoms with Crippen molar-refractivity contribution in [2.45, 2.75) is 0 Å². The molecule has 0 N–H and O–H groups in total. The van der Waals surface area contributed by atoms with Gasteiger partial charge in [-0.1, -0.05) is 54.6 Å². The average molecular weight is 411 g/mol. The minimum absolute atomic E-state index is 0.614. The average Bonchev–Trinajstić information content (AvgIpc) is 3.39. The molecule has 7 rings (SSSR count). The highest BCUT2D eigenvalue weighted by Crippen LogP contribution is 2.33. The van der Waals surface area contributed by atoms with Gasteiger partial charge >= 0.3 is 0 Å². The van der Waals surface area contributed by atoms with Crippen LogP contribution in [0, 0.1) is 0 Å². The van der Waals surface area contributed by atoms with E-state index in [1.54, 1.807) is 0 Å². The Morgan fingerprint density at radius 1 is 0.594 bits per heavy atom. The van der Waals surface area contributed by atoms with Gasteiger partial charge in [0.25, 0.3) is 0 Å². The van der Waals surface area contributed by atoms with Gasteiger partial charge in [0.1, 0.15) is 5.58 Å². The van der Waals surface area contributed by atoms with E-state index in [4.69, 9.17) is 9.40 Å². The first-order valence-corrected chi connectivity index (χ1v) is 10.6. The Labute approximate surface area is 183 Å². The van der Waals surface area contributed by atoms with Gasteiger partial charge in [-0.05, 0) is 42.5 Å². The summed E-state index contributed by atoms with van der Waals surface area (Å²) in [6, 6.07) is 33.4. The van der Waals surface area contributed by atoms with Gasteiger partial charge in [-0.3, -0.25) is 0 Å². The van der Waals surface area contributed by atoms with Gasteiger partial charge in [-0.2, -0.15) is 4.98 Å². The van der Waals surface area contributed by atoms with Gasteiger partial charge in [-0.25, -0.2) is 4.98 Å². The Kier molecular flexibility index (Phi) is 3.52. The number of aromatic nitrogens is 3. The van der Waals surface area contributed by atoms with E-state index in [9.17, 15) is 0 Å². The molecule has 0 aliphatic carbocycles. The van der Waals surface area contributed by atoms with Gasteiger partial charge in [0.05, 0.1) is 16.4 Å². The Morgan fingerprint density at radius 3 is 1.94 bits per heavy atom. The Balaban J connectivity index is 1.36. The van der Waals surface area contributed by atoms with E-state index in [1.165, 1.54) is 21.8 Å². The molecule has 7 aromatic rings. The van der Waals surface area contributed by atoms with Gasteiger partial charge in [0, 0.05) is 33.6 Å². The molecule has 0 aliphatic heterocycles. The summed E-state index contributed by atoms with van der Waals surface area (Å²) in [5.74, 6) is 0.658. The summed E-state index contributed by atoms with van der Waals surface area (Å²) in [4.78, 5) is 9.30. The molecule has 0 saturated heterocycles. The summed E-state index contributed by atoms with van der Waals surface area (Å²) in [6.07, 6.45) is 1.85. The molecule has 0 spiro atoms. The van der Waals surface area contributed by atoms with Crippen LogP contribution in [-0.4, -0.2) is 14.5 Å². The monoisotopic (exact) mass is 411 g/mol. The molecule has 4 heteroatoms. The number of furan rings is 1. The first-order valence-electron chi connectivity index (χ1n) is 10.6. The van der Waals surface area contributed by atoms with Crippen molar-refractivity contribution in [3.05, 3.63) is 103 Å². The van der Waals surface area contributed by atoms with Crippen LogP contribution in [-0.2, 0) is 0 Å². The van der Waals surface area contributed by atoms with Crippen LogP contribution < -0.4 is 0 Å². The summed E-state index contributed by atoms with van der Waals surface area (Å²) in [5.41, 5.74) is 5.90. The van der Waals surface area contributed by atoms with Crippen LogP contribution in [0.1, 0.15) is 0 Å². The zero-order valence-electron chi connectivity index (χ0n) is 17.1. The van der Waals surface area contributed by atoms with Crippen LogP contribution in [0.25, 0.3) is 61.0 Å². The summed E-state index contributed by atoms with van der Waals surface area (Å²) in [7, 11) is 0. The molecule has 3 aromatic heterocycles. The normalized spacial score (nSPS) is 11.8. The maximum absolute atomic E-state index is 5.94. The number of hydrogen-bond donors (Lipinski definition) is 0. The number of benzene rings is 4. The van der Waals surface area contributed by atoms with Crippen molar-refractivity contribution in [2.75, 3.05) is 0 Å². The van der Waals surface area contributed by atoms with E-state index in [0.717, 1.165) is 27.6 Å². The molecule has 4 aromatic carbocycles.